The molecule has 0 bridgehead atoms. The lowest BCUT2D eigenvalue weighted by atomic mass is 9.98. The number of hydrogen-bond donors (Lipinski definition) is 1. The molecule has 1 atom stereocenters. The first-order valence-electron chi connectivity index (χ1n) is 9.44. The van der Waals surface area contributed by atoms with Crippen LogP contribution in [0.5, 0.6) is 11.5 Å². The zero-order valence-electron chi connectivity index (χ0n) is 16.3. The van der Waals surface area contributed by atoms with Crippen LogP contribution in [0.15, 0.2) is 68.4 Å². The number of rotatable bonds is 4. The summed E-state index contributed by atoms with van der Waals surface area (Å²) in [5.41, 5.74) is 0.732. The monoisotopic (exact) mass is 437 g/mol. The number of amides is 1. The van der Waals surface area contributed by atoms with E-state index in [-0.39, 0.29) is 45.8 Å². The van der Waals surface area contributed by atoms with Crippen molar-refractivity contribution in [1.82, 2.24) is 4.90 Å². The summed E-state index contributed by atoms with van der Waals surface area (Å²) in [6.45, 7) is 0.125. The Balaban J connectivity index is 1.76. The first-order chi connectivity index (χ1) is 15.0. The van der Waals surface area contributed by atoms with E-state index in [1.165, 1.54) is 30.4 Å². The fraction of sp³-hybridized carbons (Fsp3) is 0.130. The van der Waals surface area contributed by atoms with E-state index >= 15 is 0 Å². The summed E-state index contributed by atoms with van der Waals surface area (Å²) in [4.78, 5) is 28.3. The van der Waals surface area contributed by atoms with Gasteiger partial charge in [-0.15, -0.1) is 0 Å². The molecule has 1 aliphatic heterocycles. The molecule has 2 aromatic carbocycles. The van der Waals surface area contributed by atoms with Gasteiger partial charge in [0, 0.05) is 5.02 Å². The molecule has 5 rings (SSSR count). The van der Waals surface area contributed by atoms with Crippen LogP contribution in [0, 0.1) is 0 Å². The molecule has 8 heteroatoms. The molecular formula is C23H16ClNO6. The molecule has 0 aliphatic carbocycles. The molecule has 0 saturated heterocycles. The van der Waals surface area contributed by atoms with Gasteiger partial charge in [-0.05, 0) is 48.0 Å². The molecule has 1 N–H and O–H groups in total. The van der Waals surface area contributed by atoms with Crippen LogP contribution in [0.25, 0.3) is 11.0 Å². The van der Waals surface area contributed by atoms with Gasteiger partial charge in [-0.1, -0.05) is 17.7 Å². The topological polar surface area (TPSA) is 93.1 Å². The minimum Gasteiger partial charge on any atom is -0.504 e. The Morgan fingerprint density at radius 2 is 2.00 bits per heavy atom. The fourth-order valence-electron chi connectivity index (χ4n) is 3.94. The second kappa shape index (κ2) is 7.21. The summed E-state index contributed by atoms with van der Waals surface area (Å²) in [6, 6.07) is 12.1. The van der Waals surface area contributed by atoms with Crippen LogP contribution in [0.3, 0.4) is 0 Å². The predicted molar refractivity (Wildman–Crippen MR) is 113 cm³/mol. The summed E-state index contributed by atoms with van der Waals surface area (Å²) < 4.78 is 16.5. The zero-order chi connectivity index (χ0) is 21.7. The van der Waals surface area contributed by atoms with Crippen LogP contribution in [0.1, 0.15) is 33.5 Å². The first kappa shape index (κ1) is 19.3. The van der Waals surface area contributed by atoms with Crippen LogP contribution in [0.4, 0.5) is 0 Å². The quantitative estimate of drug-likeness (QED) is 0.505. The lowest BCUT2D eigenvalue weighted by molar-refractivity contribution is 0.0701. The predicted octanol–water partition coefficient (Wildman–Crippen LogP) is 4.50. The number of halogens is 1. The van der Waals surface area contributed by atoms with Gasteiger partial charge in [0.2, 0.25) is 5.76 Å². The van der Waals surface area contributed by atoms with Gasteiger partial charge in [-0.2, -0.15) is 0 Å². The van der Waals surface area contributed by atoms with Gasteiger partial charge in [0.05, 0.1) is 36.9 Å². The average Bonchev–Trinajstić information content (AvgIpc) is 3.37. The molecule has 0 unspecified atom stereocenters. The normalized spacial score (nSPS) is 15.5. The van der Waals surface area contributed by atoms with Crippen molar-refractivity contribution in [3.63, 3.8) is 0 Å². The minimum atomic E-state index is -0.762. The van der Waals surface area contributed by atoms with Crippen molar-refractivity contribution in [2.24, 2.45) is 0 Å². The number of hydrogen-bond acceptors (Lipinski definition) is 6. The molecule has 0 radical (unpaired) electrons. The molecule has 0 spiro atoms. The van der Waals surface area contributed by atoms with E-state index in [1.807, 2.05) is 0 Å². The van der Waals surface area contributed by atoms with Crippen LogP contribution >= 0.6 is 11.6 Å². The van der Waals surface area contributed by atoms with Gasteiger partial charge in [-0.25, -0.2) is 0 Å². The third-order valence-corrected chi connectivity index (χ3v) is 5.59. The largest absolute Gasteiger partial charge is 0.504 e. The van der Waals surface area contributed by atoms with E-state index < -0.39 is 11.9 Å². The second-order valence-electron chi connectivity index (χ2n) is 7.16. The number of carbonyl (C=O) groups is 1. The Morgan fingerprint density at radius 3 is 2.74 bits per heavy atom. The summed E-state index contributed by atoms with van der Waals surface area (Å²) in [5, 5.41) is 10.7. The second-order valence-corrected chi connectivity index (χ2v) is 7.60. The molecule has 4 aromatic rings. The van der Waals surface area contributed by atoms with Crippen molar-refractivity contribution in [3.05, 3.63) is 92.7 Å². The Labute approximate surface area is 181 Å². The molecule has 3 heterocycles. The first-order valence-corrected chi connectivity index (χ1v) is 9.82. The van der Waals surface area contributed by atoms with Gasteiger partial charge in [0.25, 0.3) is 5.91 Å². The highest BCUT2D eigenvalue weighted by molar-refractivity contribution is 6.31. The van der Waals surface area contributed by atoms with E-state index in [2.05, 4.69) is 0 Å². The SMILES string of the molecule is COc1cc([C@@H]2c3c(oc4ccc(Cl)cc4c3=O)C(=O)N2Cc2ccco2)ccc1O. The van der Waals surface area contributed by atoms with E-state index in [1.54, 1.807) is 36.4 Å². The number of phenolic OH excluding ortho intramolecular Hbond substituents is 1. The number of furan rings is 1. The average molecular weight is 438 g/mol. The summed E-state index contributed by atoms with van der Waals surface area (Å²) in [5.74, 6) is 0.271. The Kier molecular flexibility index (Phi) is 4.48. The third-order valence-electron chi connectivity index (χ3n) is 5.35. The highest BCUT2D eigenvalue weighted by Crippen LogP contribution is 2.41. The maximum atomic E-state index is 13.5. The summed E-state index contributed by atoms with van der Waals surface area (Å²) >= 11 is 6.09. The number of methoxy groups -OCH3 is 1. The van der Waals surface area contributed by atoms with Crippen LogP contribution < -0.4 is 10.2 Å². The molecule has 1 amide bonds. The number of aromatic hydroxyl groups is 1. The lowest BCUT2D eigenvalue weighted by Gasteiger charge is -2.24. The smallest absolute Gasteiger partial charge is 0.291 e. The molecule has 156 valence electrons. The molecule has 1 aliphatic rings. The van der Waals surface area contributed by atoms with Crippen LogP contribution in [-0.4, -0.2) is 23.0 Å². The van der Waals surface area contributed by atoms with Crippen molar-refractivity contribution in [3.8, 4) is 11.5 Å². The molecule has 7 nitrogen and oxygen atoms in total. The third kappa shape index (κ3) is 3.05. The molecule has 31 heavy (non-hydrogen) atoms. The Morgan fingerprint density at radius 1 is 1.16 bits per heavy atom. The number of nitrogens with zero attached hydrogens (tertiary/aromatic N) is 1. The standard InChI is InChI=1S/C23H16ClNO6/c1-29-18-9-12(4-6-16(18)26)20-19-21(27)15-10-13(24)5-7-17(15)31-22(19)23(28)25(20)11-14-3-2-8-30-14/h2-10,20,26H,11H2,1H3/t20-/m1/s1. The number of fused-ring (bicyclic) bond motifs is 2. The maximum absolute atomic E-state index is 13.5. The zero-order valence-corrected chi connectivity index (χ0v) is 17.1. The maximum Gasteiger partial charge on any atom is 0.291 e. The highest BCUT2D eigenvalue weighted by atomic mass is 35.5. The van der Waals surface area contributed by atoms with Crippen molar-refractivity contribution in [2.45, 2.75) is 12.6 Å². The Hall–Kier alpha value is -3.71. The molecule has 0 fully saturated rings. The van der Waals surface area contributed by atoms with Crippen LogP contribution in [0.2, 0.25) is 5.02 Å². The minimum absolute atomic E-state index is 0.0246. The van der Waals surface area contributed by atoms with E-state index in [9.17, 15) is 14.7 Å². The summed E-state index contributed by atoms with van der Waals surface area (Å²) in [6.07, 6.45) is 1.52. The van der Waals surface area contributed by atoms with Gasteiger partial charge in [-0.3, -0.25) is 9.59 Å². The van der Waals surface area contributed by atoms with E-state index in [0.717, 1.165) is 0 Å². The number of carbonyl (C=O) groups excluding carboxylic acids is 1. The number of benzene rings is 2. The fourth-order valence-corrected chi connectivity index (χ4v) is 4.11. The number of phenols is 1. The van der Waals surface area contributed by atoms with Crippen molar-refractivity contribution < 1.29 is 23.5 Å². The Bertz CT molecular complexity index is 1380. The van der Waals surface area contributed by atoms with Gasteiger partial charge in [0.15, 0.2) is 16.9 Å². The van der Waals surface area contributed by atoms with E-state index in [4.69, 9.17) is 25.2 Å². The summed E-state index contributed by atoms with van der Waals surface area (Å²) in [7, 11) is 1.43. The van der Waals surface area contributed by atoms with Crippen LogP contribution in [-0.2, 0) is 6.54 Å². The van der Waals surface area contributed by atoms with Crippen molar-refractivity contribution in [1.29, 1.82) is 0 Å². The van der Waals surface area contributed by atoms with Crippen molar-refractivity contribution in [2.75, 3.05) is 7.11 Å². The lowest BCUT2D eigenvalue weighted by Crippen LogP contribution is -2.29. The molecular weight excluding hydrogens is 422 g/mol. The van der Waals surface area contributed by atoms with Gasteiger partial charge >= 0.3 is 0 Å². The van der Waals surface area contributed by atoms with E-state index in [0.29, 0.717) is 16.3 Å². The molecule has 0 saturated carbocycles. The van der Waals surface area contributed by atoms with Crippen molar-refractivity contribution >= 4 is 28.5 Å². The molecule has 2 aromatic heterocycles. The highest BCUT2D eigenvalue weighted by Gasteiger charge is 2.43. The number of ether oxygens (including phenoxy) is 1. The van der Waals surface area contributed by atoms with Gasteiger partial charge < -0.3 is 23.6 Å². The van der Waals surface area contributed by atoms with Gasteiger partial charge in [0.1, 0.15) is 11.3 Å².